The van der Waals surface area contributed by atoms with Crippen LogP contribution in [0.4, 0.5) is 9.93 Å². The second-order valence-corrected chi connectivity index (χ2v) is 15.5. The molecule has 3 N–H and O–H groups in total. The largest absolute Gasteiger partial charge is 0.497 e. The molecular formula is C45H42N6O8S2. The molecular weight excluding hydrogens is 817 g/mol. The van der Waals surface area contributed by atoms with Gasteiger partial charge < -0.3 is 35.0 Å². The van der Waals surface area contributed by atoms with Crippen LogP contribution < -0.4 is 20.7 Å². The number of thioether (sulfide) groups is 1. The van der Waals surface area contributed by atoms with Gasteiger partial charge in [-0.3, -0.25) is 14.5 Å². The molecule has 2 atom stereocenters. The van der Waals surface area contributed by atoms with Crippen molar-refractivity contribution in [3.05, 3.63) is 172 Å². The molecule has 1 fully saturated rings. The maximum Gasteiger partial charge on any atom is 0.407 e. The molecule has 1 aromatic heterocycles. The van der Waals surface area contributed by atoms with Crippen molar-refractivity contribution in [2.75, 3.05) is 38.9 Å². The number of allylic oxidation sites excluding steroid dienone is 1. The highest BCUT2D eigenvalue weighted by molar-refractivity contribution is 8.00. The number of esters is 1. The second-order valence-electron chi connectivity index (χ2n) is 13.5. The first kappa shape index (κ1) is 42.2. The van der Waals surface area contributed by atoms with Crippen molar-refractivity contribution < 1.29 is 38.2 Å². The fourth-order valence-electron chi connectivity index (χ4n) is 6.97. The van der Waals surface area contributed by atoms with Gasteiger partial charge in [-0.15, -0.1) is 23.1 Å². The van der Waals surface area contributed by atoms with Gasteiger partial charge in [0.2, 0.25) is 0 Å². The number of carbonyl (C=O) groups excluding carboxylic acids is 4. The SMILES string of the molecule is CNC(=O)OC/C=C\C1=C(C(=O)OCc2ccc(OC)cc2)N2C(=O)C(NC(=O)/C(=N\OC)c3csc(NC(c4ccccc4)(c4ccccc4)c4ccccc4)n3)[C@H]2SC1. The summed E-state index contributed by atoms with van der Waals surface area (Å²) in [7, 11) is 4.32. The van der Waals surface area contributed by atoms with Crippen LogP contribution in [0.3, 0.4) is 0 Å². The highest BCUT2D eigenvalue weighted by Crippen LogP contribution is 2.42. The Labute approximate surface area is 360 Å². The van der Waals surface area contributed by atoms with E-state index in [0.717, 1.165) is 16.7 Å². The van der Waals surface area contributed by atoms with Crippen molar-refractivity contribution in [2.45, 2.75) is 23.6 Å². The van der Waals surface area contributed by atoms with Crippen LogP contribution >= 0.6 is 23.1 Å². The van der Waals surface area contributed by atoms with E-state index < -0.39 is 40.8 Å². The van der Waals surface area contributed by atoms with Crippen LogP contribution in [0.5, 0.6) is 5.75 Å². The van der Waals surface area contributed by atoms with Crippen molar-refractivity contribution >= 4 is 57.8 Å². The number of anilines is 1. The normalized spacial score (nSPS) is 16.3. The number of hydrogen-bond donors (Lipinski definition) is 3. The fraction of sp³-hybridized carbons (Fsp3) is 0.200. The van der Waals surface area contributed by atoms with Crippen LogP contribution in [0.15, 0.2) is 149 Å². The monoisotopic (exact) mass is 858 g/mol. The van der Waals surface area contributed by atoms with E-state index >= 15 is 0 Å². The van der Waals surface area contributed by atoms with Crippen molar-refractivity contribution in [1.29, 1.82) is 0 Å². The van der Waals surface area contributed by atoms with Gasteiger partial charge in [0, 0.05) is 18.2 Å². The molecule has 0 bridgehead atoms. The zero-order valence-corrected chi connectivity index (χ0v) is 35.0. The lowest BCUT2D eigenvalue weighted by atomic mass is 9.77. The lowest BCUT2D eigenvalue weighted by Crippen LogP contribution is -2.71. The summed E-state index contributed by atoms with van der Waals surface area (Å²) >= 11 is 2.64. The molecule has 2 aliphatic rings. The Morgan fingerprint density at radius 1 is 0.885 bits per heavy atom. The predicted molar refractivity (Wildman–Crippen MR) is 233 cm³/mol. The maximum absolute atomic E-state index is 14.0. The van der Waals surface area contributed by atoms with E-state index in [1.807, 2.05) is 54.6 Å². The summed E-state index contributed by atoms with van der Waals surface area (Å²) in [5, 5.41) is 14.5. The summed E-state index contributed by atoms with van der Waals surface area (Å²) in [4.78, 5) is 64.6. The number of fused-ring (bicyclic) bond motifs is 1. The Kier molecular flexibility index (Phi) is 13.5. The van der Waals surface area contributed by atoms with E-state index in [9.17, 15) is 19.2 Å². The van der Waals surface area contributed by atoms with Crippen LogP contribution in [0, 0.1) is 0 Å². The molecule has 16 heteroatoms. The highest BCUT2D eigenvalue weighted by Gasteiger charge is 2.54. The van der Waals surface area contributed by atoms with Crippen LogP contribution in [-0.4, -0.2) is 84.5 Å². The van der Waals surface area contributed by atoms with Crippen molar-refractivity contribution in [1.82, 2.24) is 20.5 Å². The topological polar surface area (TPSA) is 170 Å². The van der Waals surface area contributed by atoms with E-state index in [2.05, 4.69) is 57.5 Å². The fourth-order valence-corrected chi connectivity index (χ4v) is 9.04. The number of benzene rings is 4. The number of oxime groups is 1. The number of carbonyl (C=O) groups is 4. The molecule has 312 valence electrons. The molecule has 3 heterocycles. The minimum atomic E-state index is -1.01. The minimum absolute atomic E-state index is 0.0312. The number of rotatable bonds is 16. The molecule has 2 aliphatic heterocycles. The zero-order chi connectivity index (χ0) is 42.8. The molecule has 0 aliphatic carbocycles. The Hall–Kier alpha value is -6.91. The smallest absolute Gasteiger partial charge is 0.407 e. The molecule has 7 rings (SSSR count). The van der Waals surface area contributed by atoms with Gasteiger partial charge in [0.25, 0.3) is 11.8 Å². The van der Waals surface area contributed by atoms with Crippen LogP contribution in [0.2, 0.25) is 0 Å². The van der Waals surface area contributed by atoms with E-state index in [1.165, 1.54) is 42.2 Å². The van der Waals surface area contributed by atoms with Gasteiger partial charge in [-0.2, -0.15) is 0 Å². The summed E-state index contributed by atoms with van der Waals surface area (Å²) in [5.41, 5.74) is 3.36. The molecule has 0 saturated carbocycles. The molecule has 3 amide bonds. The number of ether oxygens (including phenoxy) is 3. The summed E-state index contributed by atoms with van der Waals surface area (Å²) in [5.74, 6) is -1.01. The number of methoxy groups -OCH3 is 1. The van der Waals surface area contributed by atoms with Crippen molar-refractivity contribution in [2.24, 2.45) is 5.16 Å². The first-order valence-corrected chi connectivity index (χ1v) is 21.0. The van der Waals surface area contributed by atoms with Gasteiger partial charge in [-0.25, -0.2) is 14.6 Å². The summed E-state index contributed by atoms with van der Waals surface area (Å²) in [6.45, 7) is -0.132. The van der Waals surface area contributed by atoms with Gasteiger partial charge in [-0.05, 0) is 46.0 Å². The summed E-state index contributed by atoms with van der Waals surface area (Å²) in [6, 6.07) is 36.1. The number of thiazole rings is 1. The third-order valence-corrected chi connectivity index (χ3v) is 12.0. The Balaban J connectivity index is 1.12. The van der Waals surface area contributed by atoms with Crippen LogP contribution in [-0.2, 0) is 40.8 Å². The lowest BCUT2D eigenvalue weighted by Gasteiger charge is -2.49. The van der Waals surface area contributed by atoms with Gasteiger partial charge in [0.15, 0.2) is 10.8 Å². The van der Waals surface area contributed by atoms with E-state index in [1.54, 1.807) is 48.9 Å². The van der Waals surface area contributed by atoms with Crippen LogP contribution in [0.25, 0.3) is 0 Å². The second kappa shape index (κ2) is 19.4. The third kappa shape index (κ3) is 9.15. The van der Waals surface area contributed by atoms with E-state index in [-0.39, 0.29) is 36.1 Å². The highest BCUT2D eigenvalue weighted by atomic mass is 32.2. The van der Waals surface area contributed by atoms with Gasteiger partial charge in [0.05, 0.1) is 7.11 Å². The Bertz CT molecular complexity index is 2350. The first-order valence-electron chi connectivity index (χ1n) is 19.1. The number of amides is 3. The molecule has 14 nitrogen and oxygen atoms in total. The summed E-state index contributed by atoms with van der Waals surface area (Å²) < 4.78 is 16.0. The third-order valence-electron chi connectivity index (χ3n) is 9.90. The number of hydrogen-bond acceptors (Lipinski definition) is 13. The summed E-state index contributed by atoms with van der Waals surface area (Å²) in [6.07, 6.45) is 2.57. The first-order chi connectivity index (χ1) is 29.8. The quantitative estimate of drug-likeness (QED) is 0.0339. The maximum atomic E-state index is 14.0. The number of β-lactam (4-membered cyclic amide) rings is 1. The van der Waals surface area contributed by atoms with E-state index in [0.29, 0.717) is 22.0 Å². The lowest BCUT2D eigenvalue weighted by molar-refractivity contribution is -0.153. The van der Waals surface area contributed by atoms with Crippen molar-refractivity contribution in [3.63, 3.8) is 0 Å². The number of alkyl carbamates (subject to hydrolysis) is 1. The average Bonchev–Trinajstić information content (AvgIpc) is 3.78. The van der Waals surface area contributed by atoms with Gasteiger partial charge in [0.1, 0.15) is 54.4 Å². The number of nitrogens with one attached hydrogen (secondary N) is 3. The van der Waals surface area contributed by atoms with E-state index in [4.69, 9.17) is 24.0 Å². The van der Waals surface area contributed by atoms with Gasteiger partial charge >= 0.3 is 12.1 Å². The standard InChI is InChI=1S/C45H42N6O8S2/c1-46-44(55)58-25-13-14-30-27-60-41-37(40(53)51(41)38(30)42(54)59-26-29-21-23-34(56-2)24-22-29)48-39(52)36(50-57-3)35-28-61-43(47-35)49-45(31-15-7-4-8-16-31,32-17-9-5-10-18-32)33-19-11-6-12-20-33/h4-24,28,37,41H,25-27H2,1-3H3,(H,46,55)(H,47,49)(H,48,52)/b14-13-,50-36-/t37?,41-/m1/s1. The molecule has 1 unspecified atom stereocenters. The minimum Gasteiger partial charge on any atom is -0.497 e. The molecule has 5 aromatic rings. The van der Waals surface area contributed by atoms with Crippen molar-refractivity contribution in [3.8, 4) is 5.75 Å². The van der Waals surface area contributed by atoms with Gasteiger partial charge in [-0.1, -0.05) is 114 Å². The Morgan fingerprint density at radius 3 is 2.08 bits per heavy atom. The zero-order valence-electron chi connectivity index (χ0n) is 33.4. The predicted octanol–water partition coefficient (Wildman–Crippen LogP) is 6.22. The molecule has 0 radical (unpaired) electrons. The molecule has 61 heavy (non-hydrogen) atoms. The molecule has 0 spiro atoms. The number of aromatic nitrogens is 1. The Morgan fingerprint density at radius 2 is 1.51 bits per heavy atom. The molecule has 1 saturated heterocycles. The van der Waals surface area contributed by atoms with Crippen LogP contribution in [0.1, 0.15) is 27.9 Å². The average molecular weight is 859 g/mol. The molecule has 4 aromatic carbocycles. The number of nitrogens with zero attached hydrogens (tertiary/aromatic N) is 3.